The second kappa shape index (κ2) is 7.67. The van der Waals surface area contributed by atoms with Crippen LogP contribution in [0.2, 0.25) is 0 Å². The number of nitrogens with one attached hydrogen (secondary N) is 1. The molecule has 0 aromatic rings. The number of amides is 1. The Morgan fingerprint density at radius 1 is 1.41 bits per heavy atom. The van der Waals surface area contributed by atoms with E-state index in [1.165, 1.54) is 0 Å². The van der Waals surface area contributed by atoms with Crippen LogP contribution in [-0.2, 0) is 4.79 Å². The van der Waals surface area contributed by atoms with Gasteiger partial charge in [0, 0.05) is 12.6 Å². The predicted molar refractivity (Wildman–Crippen MR) is 72.9 cm³/mol. The first-order valence-electron chi connectivity index (χ1n) is 6.70. The number of carbonyl (C=O) groups excluding carboxylic acids is 1. The lowest BCUT2D eigenvalue weighted by Crippen LogP contribution is -2.60. The number of hydrogen-bond donors (Lipinski definition) is 2. The summed E-state index contributed by atoms with van der Waals surface area (Å²) in [6.45, 7) is 12.9. The van der Waals surface area contributed by atoms with Gasteiger partial charge in [-0.1, -0.05) is 20.8 Å². The van der Waals surface area contributed by atoms with Crippen molar-refractivity contribution in [3.63, 3.8) is 0 Å². The van der Waals surface area contributed by atoms with Gasteiger partial charge >= 0.3 is 0 Å². The van der Waals surface area contributed by atoms with E-state index in [4.69, 9.17) is 5.73 Å². The van der Waals surface area contributed by atoms with Gasteiger partial charge in [-0.05, 0) is 39.8 Å². The Bertz CT molecular complexity index is 233. The molecule has 0 bridgehead atoms. The van der Waals surface area contributed by atoms with E-state index in [1.807, 2.05) is 6.92 Å². The number of likely N-dealkylation sites (N-methyl/N-ethyl adjacent to an activating group) is 1. The summed E-state index contributed by atoms with van der Waals surface area (Å²) >= 11 is 0. The number of nitrogens with two attached hydrogens (primary N) is 1. The van der Waals surface area contributed by atoms with E-state index in [0.29, 0.717) is 12.6 Å². The molecule has 0 aliphatic rings. The molecule has 4 heteroatoms. The van der Waals surface area contributed by atoms with Crippen LogP contribution in [0.4, 0.5) is 0 Å². The van der Waals surface area contributed by atoms with E-state index < -0.39 is 5.54 Å². The lowest BCUT2D eigenvalue weighted by Gasteiger charge is -2.36. The van der Waals surface area contributed by atoms with Gasteiger partial charge in [0.25, 0.3) is 0 Å². The van der Waals surface area contributed by atoms with Gasteiger partial charge in [0.1, 0.15) is 5.54 Å². The zero-order chi connectivity index (χ0) is 13.5. The third-order valence-corrected chi connectivity index (χ3v) is 3.45. The minimum atomic E-state index is -0.630. The fourth-order valence-electron chi connectivity index (χ4n) is 1.87. The molecule has 0 aliphatic heterocycles. The molecular formula is C13H29N3O. The summed E-state index contributed by atoms with van der Waals surface area (Å²) in [5.74, 6) is -0.271. The molecule has 0 heterocycles. The highest BCUT2D eigenvalue weighted by Crippen LogP contribution is 2.11. The maximum atomic E-state index is 11.6. The van der Waals surface area contributed by atoms with Crippen LogP contribution in [0.1, 0.15) is 47.5 Å². The van der Waals surface area contributed by atoms with Crippen LogP contribution in [0.3, 0.4) is 0 Å². The van der Waals surface area contributed by atoms with Crippen molar-refractivity contribution in [1.82, 2.24) is 10.2 Å². The second-order valence-corrected chi connectivity index (χ2v) is 4.94. The third kappa shape index (κ3) is 5.04. The smallest absolute Gasteiger partial charge is 0.238 e. The van der Waals surface area contributed by atoms with Gasteiger partial charge in [0.15, 0.2) is 0 Å². The first-order chi connectivity index (χ1) is 7.91. The van der Waals surface area contributed by atoms with Crippen LogP contribution in [0.15, 0.2) is 0 Å². The predicted octanol–water partition coefficient (Wildman–Crippen LogP) is 1.35. The summed E-state index contributed by atoms with van der Waals surface area (Å²) in [4.78, 5) is 13.9. The molecule has 2 unspecified atom stereocenters. The van der Waals surface area contributed by atoms with Crippen molar-refractivity contribution in [2.24, 2.45) is 5.73 Å². The van der Waals surface area contributed by atoms with Crippen molar-refractivity contribution >= 4 is 5.91 Å². The summed E-state index contributed by atoms with van der Waals surface area (Å²) in [6.07, 6.45) is 2.08. The Kier molecular flexibility index (Phi) is 7.39. The summed E-state index contributed by atoms with van der Waals surface area (Å²) < 4.78 is 0. The van der Waals surface area contributed by atoms with Gasteiger partial charge < -0.3 is 11.1 Å². The van der Waals surface area contributed by atoms with Crippen molar-refractivity contribution in [1.29, 1.82) is 0 Å². The van der Waals surface area contributed by atoms with Gasteiger partial charge in [-0.25, -0.2) is 0 Å². The molecule has 3 N–H and O–H groups in total. The first kappa shape index (κ1) is 16.4. The topological polar surface area (TPSA) is 58.4 Å². The minimum absolute atomic E-state index is 0.271. The molecule has 0 aromatic carbocycles. The Hall–Kier alpha value is -0.610. The normalized spacial score (nSPS) is 16.8. The molecule has 102 valence electrons. The number of primary amides is 1. The summed E-state index contributed by atoms with van der Waals surface area (Å²) in [6, 6.07) is 0.474. The Balaban J connectivity index is 4.65. The first-order valence-corrected chi connectivity index (χ1v) is 6.70. The SMILES string of the molecule is CCCNC(C)(CN(CC)C(C)CC)C(N)=O. The molecule has 17 heavy (non-hydrogen) atoms. The lowest BCUT2D eigenvalue weighted by molar-refractivity contribution is -0.124. The average Bonchev–Trinajstić information content (AvgIpc) is 2.32. The fourth-order valence-corrected chi connectivity index (χ4v) is 1.87. The number of hydrogen-bond acceptors (Lipinski definition) is 3. The van der Waals surface area contributed by atoms with Gasteiger partial charge in [-0.3, -0.25) is 9.69 Å². The second-order valence-electron chi connectivity index (χ2n) is 4.94. The molecule has 0 aromatic heterocycles. The largest absolute Gasteiger partial charge is 0.368 e. The maximum Gasteiger partial charge on any atom is 0.238 e. The highest BCUT2D eigenvalue weighted by Gasteiger charge is 2.33. The molecule has 0 aliphatic carbocycles. The van der Waals surface area contributed by atoms with Gasteiger partial charge in [-0.15, -0.1) is 0 Å². The molecule has 0 saturated heterocycles. The van der Waals surface area contributed by atoms with E-state index in [2.05, 4.69) is 37.9 Å². The Morgan fingerprint density at radius 3 is 2.35 bits per heavy atom. The molecule has 0 radical (unpaired) electrons. The van der Waals surface area contributed by atoms with Crippen LogP contribution in [0.25, 0.3) is 0 Å². The molecule has 0 rings (SSSR count). The van der Waals surface area contributed by atoms with Crippen LogP contribution < -0.4 is 11.1 Å². The molecule has 0 spiro atoms. The Labute approximate surface area is 106 Å². The fraction of sp³-hybridized carbons (Fsp3) is 0.923. The number of nitrogens with zero attached hydrogens (tertiary/aromatic N) is 1. The summed E-state index contributed by atoms with van der Waals surface area (Å²) in [5, 5.41) is 3.27. The highest BCUT2D eigenvalue weighted by molar-refractivity contribution is 5.84. The number of carbonyl (C=O) groups is 1. The van der Waals surface area contributed by atoms with E-state index in [1.54, 1.807) is 0 Å². The monoisotopic (exact) mass is 243 g/mol. The van der Waals surface area contributed by atoms with Crippen molar-refractivity contribution < 1.29 is 4.79 Å². The highest BCUT2D eigenvalue weighted by atomic mass is 16.1. The van der Waals surface area contributed by atoms with Crippen LogP contribution >= 0.6 is 0 Å². The molecule has 2 atom stereocenters. The maximum absolute atomic E-state index is 11.6. The molecular weight excluding hydrogens is 214 g/mol. The van der Waals surface area contributed by atoms with E-state index in [9.17, 15) is 4.79 Å². The molecule has 0 saturated carbocycles. The molecule has 1 amide bonds. The molecule has 4 nitrogen and oxygen atoms in total. The zero-order valence-electron chi connectivity index (χ0n) is 12.0. The van der Waals surface area contributed by atoms with Gasteiger partial charge in [0.2, 0.25) is 5.91 Å². The number of rotatable bonds is 9. The van der Waals surface area contributed by atoms with Crippen LogP contribution in [-0.4, -0.2) is 42.0 Å². The van der Waals surface area contributed by atoms with Crippen molar-refractivity contribution in [3.05, 3.63) is 0 Å². The van der Waals surface area contributed by atoms with E-state index >= 15 is 0 Å². The average molecular weight is 243 g/mol. The standard InChI is InChI=1S/C13H29N3O/c1-6-9-15-13(5,12(14)17)10-16(8-3)11(4)7-2/h11,15H,6-10H2,1-5H3,(H2,14,17). The van der Waals surface area contributed by atoms with E-state index in [0.717, 1.165) is 25.9 Å². The van der Waals surface area contributed by atoms with E-state index in [-0.39, 0.29) is 5.91 Å². The van der Waals surface area contributed by atoms with Crippen LogP contribution in [0.5, 0.6) is 0 Å². The Morgan fingerprint density at radius 2 is 2.00 bits per heavy atom. The minimum Gasteiger partial charge on any atom is -0.368 e. The van der Waals surface area contributed by atoms with Crippen molar-refractivity contribution in [2.45, 2.75) is 59.0 Å². The third-order valence-electron chi connectivity index (χ3n) is 3.45. The van der Waals surface area contributed by atoms with Crippen LogP contribution in [0, 0.1) is 0 Å². The quantitative estimate of drug-likeness (QED) is 0.643. The summed E-state index contributed by atoms with van der Waals surface area (Å²) in [7, 11) is 0. The van der Waals surface area contributed by atoms with Gasteiger partial charge in [0.05, 0.1) is 0 Å². The van der Waals surface area contributed by atoms with Gasteiger partial charge in [-0.2, -0.15) is 0 Å². The zero-order valence-corrected chi connectivity index (χ0v) is 12.0. The van der Waals surface area contributed by atoms with Crippen molar-refractivity contribution in [3.8, 4) is 0 Å². The summed E-state index contributed by atoms with van der Waals surface area (Å²) in [5.41, 5.74) is 4.90. The molecule has 0 fully saturated rings. The lowest BCUT2D eigenvalue weighted by atomic mass is 9.99. The van der Waals surface area contributed by atoms with Crippen molar-refractivity contribution in [2.75, 3.05) is 19.6 Å².